The van der Waals surface area contributed by atoms with Gasteiger partial charge < -0.3 is 19.3 Å². The van der Waals surface area contributed by atoms with E-state index in [1.165, 1.54) is 128 Å². The number of rotatable bonds is 40. The zero-order chi connectivity index (χ0) is 39.6. The molecule has 0 saturated heterocycles. The van der Waals surface area contributed by atoms with Crippen molar-refractivity contribution in [2.75, 3.05) is 13.2 Å². The van der Waals surface area contributed by atoms with Crippen LogP contribution in [0, 0.1) is 0 Å². The highest BCUT2D eigenvalue weighted by molar-refractivity contribution is 7.46. The van der Waals surface area contributed by atoms with Crippen molar-refractivity contribution < 1.29 is 37.9 Å². The lowest BCUT2D eigenvalue weighted by molar-refractivity contribution is -0.161. The smallest absolute Gasteiger partial charge is 0.462 e. The molecule has 0 spiro atoms. The third kappa shape index (κ3) is 42.7. The lowest BCUT2D eigenvalue weighted by Crippen LogP contribution is -2.29. The zero-order valence-corrected chi connectivity index (χ0v) is 35.5. The van der Waals surface area contributed by atoms with E-state index in [1.807, 2.05) is 36.5 Å². The van der Waals surface area contributed by atoms with Crippen LogP contribution in [0.5, 0.6) is 0 Å². The van der Waals surface area contributed by atoms with E-state index in [-0.39, 0.29) is 19.4 Å². The molecule has 2 N–H and O–H groups in total. The van der Waals surface area contributed by atoms with E-state index in [1.54, 1.807) is 0 Å². The van der Waals surface area contributed by atoms with Gasteiger partial charge in [-0.15, -0.1) is 0 Å². The fraction of sp³-hybridized carbons (Fsp3) is 0.778. The number of carbonyl (C=O) groups excluding carboxylic acids is 2. The summed E-state index contributed by atoms with van der Waals surface area (Å²) in [6.07, 6.45) is 50.0. The summed E-state index contributed by atoms with van der Waals surface area (Å²) in [5.74, 6) is -0.925. The van der Waals surface area contributed by atoms with Gasteiger partial charge in [0.1, 0.15) is 6.61 Å². The van der Waals surface area contributed by atoms with Crippen LogP contribution in [0.4, 0.5) is 0 Å². The number of ether oxygens (including phenoxy) is 2. The van der Waals surface area contributed by atoms with Gasteiger partial charge in [-0.2, -0.15) is 0 Å². The Kier molecular flexibility index (Phi) is 39.2. The molecular formula is C45H81O8P. The number of phosphoric acid groups is 1. The minimum Gasteiger partial charge on any atom is -0.462 e. The van der Waals surface area contributed by atoms with E-state index in [2.05, 4.69) is 30.5 Å². The Hall–Kier alpha value is -1.99. The van der Waals surface area contributed by atoms with E-state index in [4.69, 9.17) is 19.3 Å². The maximum absolute atomic E-state index is 12.4. The van der Waals surface area contributed by atoms with Crippen molar-refractivity contribution in [3.8, 4) is 0 Å². The molecule has 0 aliphatic carbocycles. The van der Waals surface area contributed by atoms with Crippen LogP contribution in [0.2, 0.25) is 0 Å². The first kappa shape index (κ1) is 52.0. The molecule has 0 rings (SSSR count). The minimum absolute atomic E-state index is 0.166. The van der Waals surface area contributed by atoms with Gasteiger partial charge in [-0.05, 0) is 32.1 Å². The van der Waals surface area contributed by atoms with Crippen LogP contribution in [0.15, 0.2) is 48.6 Å². The average Bonchev–Trinajstić information content (AvgIpc) is 3.14. The van der Waals surface area contributed by atoms with Gasteiger partial charge in [-0.25, -0.2) is 4.57 Å². The van der Waals surface area contributed by atoms with E-state index in [9.17, 15) is 14.2 Å². The fourth-order valence-electron chi connectivity index (χ4n) is 6.21. The van der Waals surface area contributed by atoms with E-state index in [0.717, 1.165) is 44.9 Å². The summed E-state index contributed by atoms with van der Waals surface area (Å²) in [5, 5.41) is 0. The first-order chi connectivity index (χ1) is 26.3. The molecule has 0 aromatic heterocycles. The Morgan fingerprint density at radius 1 is 0.500 bits per heavy atom. The number of esters is 2. The van der Waals surface area contributed by atoms with Crippen LogP contribution in [0.25, 0.3) is 0 Å². The number of hydrogen-bond donors (Lipinski definition) is 2. The van der Waals surface area contributed by atoms with Crippen molar-refractivity contribution >= 4 is 19.8 Å². The monoisotopic (exact) mass is 781 g/mol. The van der Waals surface area contributed by atoms with E-state index >= 15 is 0 Å². The highest BCUT2D eigenvalue weighted by Gasteiger charge is 2.22. The highest BCUT2D eigenvalue weighted by Crippen LogP contribution is 2.36. The van der Waals surface area contributed by atoms with Crippen LogP contribution >= 0.6 is 7.82 Å². The van der Waals surface area contributed by atoms with E-state index < -0.39 is 32.5 Å². The third-order valence-electron chi connectivity index (χ3n) is 9.46. The first-order valence-electron chi connectivity index (χ1n) is 22.0. The molecule has 0 aromatic rings. The second-order valence-electron chi connectivity index (χ2n) is 14.7. The normalized spacial score (nSPS) is 12.9. The molecule has 0 aromatic carbocycles. The van der Waals surface area contributed by atoms with Crippen molar-refractivity contribution in [1.29, 1.82) is 0 Å². The maximum Gasteiger partial charge on any atom is 0.469 e. The lowest BCUT2D eigenvalue weighted by Gasteiger charge is -2.18. The Morgan fingerprint density at radius 3 is 1.33 bits per heavy atom. The SMILES string of the molecule is CC/C=C/C=C/C=C/C=C/CCCCCC(=O)OC(COC(=O)CCCCCCCCCCCCCCCCCCCCCCCCC)COP(=O)(O)O. The molecule has 1 unspecified atom stereocenters. The summed E-state index contributed by atoms with van der Waals surface area (Å²) in [6, 6.07) is 0. The first-order valence-corrected chi connectivity index (χ1v) is 23.5. The van der Waals surface area contributed by atoms with Gasteiger partial charge in [0.05, 0.1) is 6.61 Å². The summed E-state index contributed by atoms with van der Waals surface area (Å²) < 4.78 is 26.3. The Morgan fingerprint density at radius 2 is 0.889 bits per heavy atom. The standard InChI is InChI=1S/C45H81O8P/c1-3-5-7-9-11-13-15-17-18-19-20-21-22-23-24-25-26-28-29-31-33-35-37-39-44(46)51-41-43(42-52-54(48,49)50)53-45(47)40-38-36-34-32-30-27-16-14-12-10-8-6-4-2/h6,8,10,12,14,16,27,30,43H,3-5,7,9,11,13,15,17-26,28-29,31-42H2,1-2H3,(H2,48,49,50)/b8-6+,12-10+,16-14+,30-27+. The lowest BCUT2D eigenvalue weighted by atomic mass is 10.0. The number of allylic oxidation sites excluding steroid dienone is 8. The molecule has 54 heavy (non-hydrogen) atoms. The molecular weight excluding hydrogens is 699 g/mol. The van der Waals surface area contributed by atoms with Crippen LogP contribution < -0.4 is 0 Å². The quantitative estimate of drug-likeness (QED) is 0.0273. The molecule has 8 nitrogen and oxygen atoms in total. The van der Waals surface area contributed by atoms with Crippen LogP contribution in [-0.2, 0) is 28.2 Å². The maximum atomic E-state index is 12.4. The van der Waals surface area contributed by atoms with Crippen molar-refractivity contribution in [3.63, 3.8) is 0 Å². The Labute approximate surface area is 331 Å². The van der Waals surface area contributed by atoms with Crippen LogP contribution in [-0.4, -0.2) is 41.0 Å². The molecule has 314 valence electrons. The number of phosphoric ester groups is 1. The van der Waals surface area contributed by atoms with Crippen LogP contribution in [0.3, 0.4) is 0 Å². The Balaban J connectivity index is 3.83. The topological polar surface area (TPSA) is 119 Å². The minimum atomic E-state index is -4.76. The third-order valence-corrected chi connectivity index (χ3v) is 9.94. The molecule has 0 amide bonds. The van der Waals surface area contributed by atoms with Gasteiger partial charge in [0, 0.05) is 12.8 Å². The predicted octanol–water partition coefficient (Wildman–Crippen LogP) is 13.5. The number of unbranched alkanes of at least 4 members (excludes halogenated alkanes) is 25. The van der Waals surface area contributed by atoms with Gasteiger partial charge in [0.2, 0.25) is 0 Å². The molecule has 0 saturated carbocycles. The predicted molar refractivity (Wildman–Crippen MR) is 225 cm³/mol. The molecule has 9 heteroatoms. The molecule has 0 fully saturated rings. The van der Waals surface area contributed by atoms with Gasteiger partial charge >= 0.3 is 19.8 Å². The summed E-state index contributed by atoms with van der Waals surface area (Å²) in [6.45, 7) is 3.53. The second-order valence-corrected chi connectivity index (χ2v) is 16.0. The summed E-state index contributed by atoms with van der Waals surface area (Å²) in [5.41, 5.74) is 0. The largest absolute Gasteiger partial charge is 0.469 e. The number of hydrogen-bond acceptors (Lipinski definition) is 6. The second kappa shape index (κ2) is 40.7. The Bertz CT molecular complexity index is 1020. The number of carbonyl (C=O) groups is 2. The molecule has 1 atom stereocenters. The van der Waals surface area contributed by atoms with Crippen LogP contribution in [0.1, 0.15) is 206 Å². The van der Waals surface area contributed by atoms with Gasteiger partial charge in [0.25, 0.3) is 0 Å². The van der Waals surface area contributed by atoms with E-state index in [0.29, 0.717) is 6.42 Å². The van der Waals surface area contributed by atoms with Gasteiger partial charge in [0.15, 0.2) is 6.10 Å². The fourth-order valence-corrected chi connectivity index (χ4v) is 6.57. The van der Waals surface area contributed by atoms with Crippen molar-refractivity contribution in [1.82, 2.24) is 0 Å². The molecule has 0 aliphatic heterocycles. The average molecular weight is 781 g/mol. The molecule has 0 bridgehead atoms. The molecule has 0 heterocycles. The summed E-state index contributed by atoms with van der Waals surface area (Å²) in [4.78, 5) is 42.8. The zero-order valence-electron chi connectivity index (χ0n) is 34.6. The molecule has 0 radical (unpaired) electrons. The summed E-state index contributed by atoms with van der Waals surface area (Å²) >= 11 is 0. The molecule has 0 aliphatic rings. The van der Waals surface area contributed by atoms with Crippen molar-refractivity contribution in [3.05, 3.63) is 48.6 Å². The van der Waals surface area contributed by atoms with Gasteiger partial charge in [-0.3, -0.25) is 14.1 Å². The highest BCUT2D eigenvalue weighted by atomic mass is 31.2. The van der Waals surface area contributed by atoms with Crippen molar-refractivity contribution in [2.45, 2.75) is 213 Å². The van der Waals surface area contributed by atoms with Crippen molar-refractivity contribution in [2.24, 2.45) is 0 Å². The van der Waals surface area contributed by atoms with Gasteiger partial charge in [-0.1, -0.05) is 210 Å². The summed E-state index contributed by atoms with van der Waals surface area (Å²) in [7, 11) is -4.76.